The Hall–Kier alpha value is 1.55. The fourth-order valence-corrected chi connectivity index (χ4v) is 0. The van der Waals surface area contributed by atoms with Gasteiger partial charge in [0.15, 0.2) is 0 Å². The molecule has 0 aliphatic carbocycles. The summed E-state index contributed by atoms with van der Waals surface area (Å²) in [4.78, 5) is 0. The molecule has 15 heteroatoms. The average Bonchev–Trinajstić information content (AvgIpc) is 0.722. The minimum absolute atomic E-state index is 0. The van der Waals surface area contributed by atoms with E-state index < -0.39 is 10.4 Å². The molecule has 0 aromatic heterocycles. The van der Waals surface area contributed by atoms with Crippen molar-refractivity contribution >= 4 is 10.4 Å². The first kappa shape index (κ1) is 130. The minimum atomic E-state index is -5.17. The van der Waals surface area contributed by atoms with Gasteiger partial charge in [-0.25, -0.2) is 0 Å². The predicted molar refractivity (Wildman–Crippen MR) is 39.4 cm³/mol. The van der Waals surface area contributed by atoms with Gasteiger partial charge in [-0.05, 0) is 0 Å². The molecule has 0 bridgehead atoms. The van der Waals surface area contributed by atoms with E-state index in [0.717, 1.165) is 0 Å². The molecule has 0 radical (unpaired) electrons. The predicted octanol–water partition coefficient (Wildman–Crippen LogP) is -13.9. The Bertz CT molecular complexity index is 96.8. The summed E-state index contributed by atoms with van der Waals surface area (Å²) in [6, 6.07) is 0. The van der Waals surface area contributed by atoms with Gasteiger partial charge in [0.25, 0.3) is 0 Å². The van der Waals surface area contributed by atoms with E-state index >= 15 is 0 Å². The first-order chi connectivity index (χ1) is 2.00. The van der Waals surface area contributed by atoms with Crippen LogP contribution in [-0.4, -0.2) is 61.3 Å². The van der Waals surface area contributed by atoms with Gasteiger partial charge in [-0.3, -0.25) is 8.42 Å². The third-order valence-corrected chi connectivity index (χ3v) is 0. The number of rotatable bonds is 0. The summed E-state index contributed by atoms with van der Waals surface area (Å²) in [7, 11) is -5.17. The third-order valence-electron chi connectivity index (χ3n) is 0. The van der Waals surface area contributed by atoms with Gasteiger partial charge < -0.3 is 52.9 Å². The Kier molecular flexibility index (Phi) is 500. The van der Waals surface area contributed by atoms with Crippen LogP contribution in [0.4, 0.5) is 0 Å². The van der Waals surface area contributed by atoms with E-state index in [9.17, 15) is 0 Å². The molecular weight excluding hydrogens is 270 g/mol. The zero-order chi connectivity index (χ0) is 4.50. The summed E-state index contributed by atoms with van der Waals surface area (Å²) in [5.74, 6) is 0. The molecule has 12 nitrogen and oxygen atoms in total. The monoisotopic (exact) mass is 286 g/mol. The fourth-order valence-electron chi connectivity index (χ4n) is 0. The van der Waals surface area contributed by atoms with Crippen LogP contribution in [0.15, 0.2) is 0 Å². The first-order valence-corrected chi connectivity index (χ1v) is 2.00. The molecule has 0 aromatic carbocycles. The topological polar surface area (TPSA) is 332 Å². The van der Waals surface area contributed by atoms with Gasteiger partial charge in [-0.2, -0.15) is 0 Å². The van der Waals surface area contributed by atoms with E-state index in [4.69, 9.17) is 17.5 Å². The Labute approximate surface area is 130 Å². The van der Waals surface area contributed by atoms with E-state index in [1.54, 1.807) is 0 Å². The summed E-state index contributed by atoms with van der Waals surface area (Å²) in [6.45, 7) is 0. The quantitative estimate of drug-likeness (QED) is 0.237. The Morgan fingerprint density at radius 1 is 0.533 bits per heavy atom. The molecule has 0 spiro atoms. The Morgan fingerprint density at radius 2 is 0.533 bits per heavy atom. The van der Waals surface area contributed by atoms with Crippen molar-refractivity contribution in [2.45, 2.75) is 0 Å². The number of hydrogen-bond donors (Lipinski definition) is 0. The molecule has 15 heavy (non-hydrogen) atoms. The first-order valence-electron chi connectivity index (χ1n) is 0.667. The molecule has 0 fully saturated rings. The molecule has 0 rings (SSSR count). The van der Waals surface area contributed by atoms with Crippen LogP contribution in [-0.2, 0) is 10.4 Å². The molecule has 0 atom stereocenters. The largest absolute Gasteiger partial charge is 1.00 e. The maximum atomic E-state index is 8.52. The van der Waals surface area contributed by atoms with Gasteiger partial charge in [-0.15, -0.1) is 0 Å². The van der Waals surface area contributed by atoms with Gasteiger partial charge in [0, 0.05) is 10.4 Å². The smallest absolute Gasteiger partial charge is 0.759 e. The van der Waals surface area contributed by atoms with Crippen molar-refractivity contribution in [2.24, 2.45) is 0 Å². The van der Waals surface area contributed by atoms with E-state index in [0.29, 0.717) is 0 Å². The molecule has 0 aliphatic rings. The standard InChI is InChI=1S/2Na.H2O4S.8H2O/c;;1-5(2,3)4;;;;;;;;/h;;(H2,1,2,3,4);8*1H2/q2*+1;;;;;;;;;/p-2. The number of hydrogen-bond acceptors (Lipinski definition) is 4. The van der Waals surface area contributed by atoms with Crippen molar-refractivity contribution in [3.8, 4) is 0 Å². The molecule has 96 valence electrons. The van der Waals surface area contributed by atoms with Crippen LogP contribution in [0.25, 0.3) is 0 Å². The van der Waals surface area contributed by atoms with Gasteiger partial charge in [0.1, 0.15) is 0 Å². The van der Waals surface area contributed by atoms with Gasteiger partial charge in [-0.1, -0.05) is 0 Å². The molecule has 0 unspecified atom stereocenters. The van der Waals surface area contributed by atoms with Crippen LogP contribution < -0.4 is 59.1 Å². The van der Waals surface area contributed by atoms with E-state index in [1.165, 1.54) is 0 Å². The molecular formula is H16Na2O12S. The maximum Gasteiger partial charge on any atom is 1.00 e. The van der Waals surface area contributed by atoms with Gasteiger partial charge >= 0.3 is 59.1 Å². The molecule has 0 aromatic rings. The summed E-state index contributed by atoms with van der Waals surface area (Å²) in [5.41, 5.74) is 0. The molecule has 0 amide bonds. The van der Waals surface area contributed by atoms with Crippen molar-refractivity contribution in [1.82, 2.24) is 0 Å². The van der Waals surface area contributed by atoms with Crippen molar-refractivity contribution in [3.05, 3.63) is 0 Å². The van der Waals surface area contributed by atoms with E-state index in [-0.39, 0.29) is 103 Å². The summed E-state index contributed by atoms with van der Waals surface area (Å²) < 4.78 is 34.1. The molecule has 16 N–H and O–H groups in total. The molecule has 0 heterocycles. The summed E-state index contributed by atoms with van der Waals surface area (Å²) >= 11 is 0. The molecule has 0 saturated carbocycles. The normalized spacial score (nSPS) is 3.87. The fraction of sp³-hybridized carbons (Fsp3) is 0. The van der Waals surface area contributed by atoms with Crippen molar-refractivity contribution in [1.29, 1.82) is 0 Å². The summed E-state index contributed by atoms with van der Waals surface area (Å²) in [5, 5.41) is 0. The van der Waals surface area contributed by atoms with E-state index in [2.05, 4.69) is 0 Å². The van der Waals surface area contributed by atoms with Crippen LogP contribution in [0, 0.1) is 0 Å². The Morgan fingerprint density at radius 3 is 0.533 bits per heavy atom. The van der Waals surface area contributed by atoms with Crippen LogP contribution in [0.2, 0.25) is 0 Å². The summed E-state index contributed by atoms with van der Waals surface area (Å²) in [6.07, 6.45) is 0. The van der Waals surface area contributed by atoms with Crippen molar-refractivity contribution in [2.75, 3.05) is 0 Å². The van der Waals surface area contributed by atoms with Gasteiger partial charge in [0.2, 0.25) is 0 Å². The zero-order valence-electron chi connectivity index (χ0n) is 8.04. The maximum absolute atomic E-state index is 8.52. The second kappa shape index (κ2) is 57.8. The van der Waals surface area contributed by atoms with Crippen LogP contribution in [0.1, 0.15) is 0 Å². The van der Waals surface area contributed by atoms with Crippen molar-refractivity contribution in [3.63, 3.8) is 0 Å². The van der Waals surface area contributed by atoms with Crippen LogP contribution in [0.3, 0.4) is 0 Å². The second-order valence-corrected chi connectivity index (χ2v) is 1.22. The molecule has 0 saturated heterocycles. The van der Waals surface area contributed by atoms with Crippen molar-refractivity contribution < 1.29 is 120 Å². The zero-order valence-corrected chi connectivity index (χ0v) is 12.9. The van der Waals surface area contributed by atoms with Gasteiger partial charge in [0.05, 0.1) is 0 Å². The van der Waals surface area contributed by atoms with Crippen LogP contribution >= 0.6 is 0 Å². The average molecular weight is 286 g/mol. The van der Waals surface area contributed by atoms with E-state index in [1.807, 2.05) is 0 Å². The molecule has 0 aliphatic heterocycles. The SMILES string of the molecule is O.O.O.O.O.O.O.O.O=S(=O)([O-])[O-].[Na+].[Na+]. The minimum Gasteiger partial charge on any atom is -0.759 e. The third kappa shape index (κ3) is 1190. The van der Waals surface area contributed by atoms with Crippen LogP contribution in [0.5, 0.6) is 0 Å². The Balaban J connectivity index is -0.00000000178. The second-order valence-electron chi connectivity index (χ2n) is 0.408.